The molecule has 0 radical (unpaired) electrons. The summed E-state index contributed by atoms with van der Waals surface area (Å²) >= 11 is 3.31. The van der Waals surface area contributed by atoms with Gasteiger partial charge in [0.05, 0.1) is 6.10 Å². The lowest BCUT2D eigenvalue weighted by Crippen LogP contribution is -2.39. The number of hydrogen-bond donors (Lipinski definition) is 3. The highest BCUT2D eigenvalue weighted by molar-refractivity contribution is 9.10. The topological polar surface area (TPSA) is 112 Å². The lowest BCUT2D eigenvalue weighted by atomic mass is 10.1. The molecule has 23 heavy (non-hydrogen) atoms. The molecule has 3 rings (SSSR count). The van der Waals surface area contributed by atoms with E-state index in [1.165, 1.54) is 0 Å². The summed E-state index contributed by atoms with van der Waals surface area (Å²) in [6, 6.07) is 2.14. The Hall–Kier alpha value is -2.03. The number of likely N-dealkylation sites (tertiary alicyclic amines) is 1. The van der Waals surface area contributed by atoms with Crippen LogP contribution in [0.1, 0.15) is 19.3 Å². The van der Waals surface area contributed by atoms with Gasteiger partial charge in [-0.05, 0) is 28.8 Å². The molecule has 0 bridgehead atoms. The summed E-state index contributed by atoms with van der Waals surface area (Å²) in [4.78, 5) is 27.5. The van der Waals surface area contributed by atoms with Gasteiger partial charge in [0.1, 0.15) is 22.2 Å². The Morgan fingerprint density at radius 3 is 2.65 bits per heavy atom. The first-order valence-electron chi connectivity index (χ1n) is 7.25. The van der Waals surface area contributed by atoms with Crippen molar-refractivity contribution in [3.8, 4) is 5.75 Å². The van der Waals surface area contributed by atoms with Crippen molar-refractivity contribution in [2.24, 2.45) is 0 Å². The first kappa shape index (κ1) is 15.9. The molecule has 0 aromatic carbocycles. The lowest BCUT2D eigenvalue weighted by Gasteiger charge is -2.17. The second-order valence-corrected chi connectivity index (χ2v) is 6.51. The van der Waals surface area contributed by atoms with Gasteiger partial charge in [-0.1, -0.05) is 0 Å². The minimum absolute atomic E-state index is 0.0965. The van der Waals surface area contributed by atoms with Gasteiger partial charge in [-0.2, -0.15) is 0 Å². The van der Waals surface area contributed by atoms with Gasteiger partial charge in [0.25, 0.3) is 0 Å². The number of hydrogen-bond acceptors (Lipinski definition) is 5. The Labute approximate surface area is 140 Å². The van der Waals surface area contributed by atoms with E-state index in [0.717, 1.165) is 17.7 Å². The molecule has 0 spiro atoms. The largest absolute Gasteiger partial charge is 0.490 e. The van der Waals surface area contributed by atoms with Gasteiger partial charge in [-0.3, -0.25) is 4.90 Å². The fraction of sp³-hybridized carbons (Fsp3) is 0.500. The number of anilines is 1. The van der Waals surface area contributed by atoms with E-state index in [1.54, 1.807) is 12.1 Å². The van der Waals surface area contributed by atoms with Crippen molar-refractivity contribution in [1.82, 2.24) is 9.88 Å². The predicted octanol–water partition coefficient (Wildman–Crippen LogP) is 2.00. The standard InChI is InChI=1S/C14H16BrN3O5/c15-11-4-9(23-8-1-2-8)5-12(17-11)16-7-3-10(13(19)20)18(6-7)14(21)22/h4-5,7-8,10H,1-3,6H2,(H,16,17)(H,19,20)(H,21,22)/t7-,10-/m0/s1. The molecular weight excluding hydrogens is 370 g/mol. The van der Waals surface area contributed by atoms with Gasteiger partial charge in [-0.25, -0.2) is 14.6 Å². The quantitative estimate of drug-likeness (QED) is 0.664. The normalized spacial score (nSPS) is 23.6. The highest BCUT2D eigenvalue weighted by Crippen LogP contribution is 2.30. The van der Waals surface area contributed by atoms with Crippen molar-refractivity contribution in [1.29, 1.82) is 0 Å². The van der Waals surface area contributed by atoms with Crippen LogP contribution >= 0.6 is 15.9 Å². The molecule has 2 aliphatic rings. The van der Waals surface area contributed by atoms with Crippen LogP contribution in [0, 0.1) is 0 Å². The number of carboxylic acids is 1. The van der Waals surface area contributed by atoms with E-state index in [-0.39, 0.29) is 25.1 Å². The SMILES string of the molecule is O=C(O)[C@@H]1C[C@H](Nc2cc(OC3CC3)cc(Br)n2)CN1C(=O)O. The summed E-state index contributed by atoms with van der Waals surface area (Å²) in [5, 5.41) is 21.3. The Morgan fingerprint density at radius 1 is 1.35 bits per heavy atom. The van der Waals surface area contributed by atoms with Crippen LogP contribution in [-0.4, -0.2) is 56.9 Å². The van der Waals surface area contributed by atoms with E-state index in [2.05, 4.69) is 26.2 Å². The number of nitrogens with zero attached hydrogens (tertiary/aromatic N) is 2. The Kier molecular flexibility index (Phi) is 4.29. The summed E-state index contributed by atoms with van der Waals surface area (Å²) in [5.74, 6) is 0.0628. The molecular formula is C14H16BrN3O5. The van der Waals surface area contributed by atoms with Gasteiger partial charge in [0, 0.05) is 31.1 Å². The van der Waals surface area contributed by atoms with Crippen molar-refractivity contribution in [3.63, 3.8) is 0 Å². The van der Waals surface area contributed by atoms with Crippen LogP contribution in [0.5, 0.6) is 5.75 Å². The molecule has 3 N–H and O–H groups in total. The third kappa shape index (κ3) is 3.84. The zero-order chi connectivity index (χ0) is 16.6. The van der Waals surface area contributed by atoms with Gasteiger partial charge in [-0.15, -0.1) is 0 Å². The first-order chi connectivity index (χ1) is 10.9. The maximum absolute atomic E-state index is 11.2. The van der Waals surface area contributed by atoms with Crippen LogP contribution < -0.4 is 10.1 Å². The van der Waals surface area contributed by atoms with Crippen molar-refractivity contribution in [2.75, 3.05) is 11.9 Å². The van der Waals surface area contributed by atoms with E-state index >= 15 is 0 Å². The number of ether oxygens (including phenoxy) is 1. The van der Waals surface area contributed by atoms with Gasteiger partial charge in [0.2, 0.25) is 0 Å². The van der Waals surface area contributed by atoms with Gasteiger partial charge < -0.3 is 20.3 Å². The third-order valence-electron chi connectivity index (χ3n) is 3.78. The summed E-state index contributed by atoms with van der Waals surface area (Å²) in [5.41, 5.74) is 0. The van der Waals surface area contributed by atoms with Crippen LogP contribution in [0.15, 0.2) is 16.7 Å². The number of amides is 1. The Balaban J connectivity index is 1.70. The summed E-state index contributed by atoms with van der Waals surface area (Å²) in [7, 11) is 0. The molecule has 8 nitrogen and oxygen atoms in total. The Bertz CT molecular complexity index is 615. The lowest BCUT2D eigenvalue weighted by molar-refractivity contribution is -0.141. The zero-order valence-electron chi connectivity index (χ0n) is 12.1. The number of pyridine rings is 1. The third-order valence-corrected chi connectivity index (χ3v) is 4.18. The fourth-order valence-corrected chi connectivity index (χ4v) is 3.01. The van der Waals surface area contributed by atoms with Crippen LogP contribution in [0.25, 0.3) is 0 Å². The number of halogens is 1. The van der Waals surface area contributed by atoms with E-state index < -0.39 is 18.1 Å². The van der Waals surface area contributed by atoms with Crippen molar-refractivity contribution in [2.45, 2.75) is 37.5 Å². The summed E-state index contributed by atoms with van der Waals surface area (Å²) in [6.07, 6.45) is 1.29. The predicted molar refractivity (Wildman–Crippen MR) is 83.8 cm³/mol. The molecule has 9 heteroatoms. The number of aromatic nitrogens is 1. The smallest absolute Gasteiger partial charge is 0.408 e. The highest BCUT2D eigenvalue weighted by atomic mass is 79.9. The number of aliphatic carboxylic acids is 1. The van der Waals surface area contributed by atoms with E-state index in [1.807, 2.05) is 0 Å². The molecule has 1 amide bonds. The first-order valence-corrected chi connectivity index (χ1v) is 8.05. The second kappa shape index (κ2) is 6.23. The molecule has 1 aliphatic carbocycles. The number of nitrogens with one attached hydrogen (secondary N) is 1. The highest BCUT2D eigenvalue weighted by Gasteiger charge is 2.40. The fourth-order valence-electron chi connectivity index (χ4n) is 2.59. The van der Waals surface area contributed by atoms with E-state index in [4.69, 9.17) is 14.9 Å². The molecule has 1 aliphatic heterocycles. The molecule has 1 aromatic heterocycles. The molecule has 0 unspecified atom stereocenters. The number of carboxylic acid groups (broad SMARTS) is 2. The van der Waals surface area contributed by atoms with Crippen molar-refractivity contribution < 1.29 is 24.5 Å². The molecule has 2 atom stereocenters. The van der Waals surface area contributed by atoms with Crippen LogP contribution in [0.4, 0.5) is 10.6 Å². The second-order valence-electron chi connectivity index (χ2n) is 5.69. The minimum Gasteiger partial charge on any atom is -0.490 e. The average molecular weight is 386 g/mol. The summed E-state index contributed by atoms with van der Waals surface area (Å²) < 4.78 is 6.32. The number of carbonyl (C=O) groups is 2. The molecule has 2 fully saturated rings. The maximum Gasteiger partial charge on any atom is 0.408 e. The average Bonchev–Trinajstić information content (AvgIpc) is 3.14. The van der Waals surface area contributed by atoms with E-state index in [9.17, 15) is 9.59 Å². The molecule has 1 saturated carbocycles. The van der Waals surface area contributed by atoms with Crippen LogP contribution in [0.2, 0.25) is 0 Å². The van der Waals surface area contributed by atoms with Gasteiger partial charge >= 0.3 is 12.1 Å². The van der Waals surface area contributed by atoms with Crippen LogP contribution in [0.3, 0.4) is 0 Å². The van der Waals surface area contributed by atoms with Crippen LogP contribution in [-0.2, 0) is 4.79 Å². The molecule has 2 heterocycles. The van der Waals surface area contributed by atoms with Crippen molar-refractivity contribution >= 4 is 33.8 Å². The van der Waals surface area contributed by atoms with E-state index in [0.29, 0.717) is 16.2 Å². The molecule has 124 valence electrons. The van der Waals surface area contributed by atoms with Gasteiger partial charge in [0.15, 0.2) is 0 Å². The Morgan fingerprint density at radius 2 is 2.09 bits per heavy atom. The molecule has 1 aromatic rings. The maximum atomic E-state index is 11.2. The monoisotopic (exact) mass is 385 g/mol. The minimum atomic E-state index is -1.23. The van der Waals surface area contributed by atoms with Crippen molar-refractivity contribution in [3.05, 3.63) is 16.7 Å². The summed E-state index contributed by atoms with van der Waals surface area (Å²) in [6.45, 7) is 0.0965. The molecule has 1 saturated heterocycles. The zero-order valence-corrected chi connectivity index (χ0v) is 13.7. The number of rotatable bonds is 5.